The van der Waals surface area contributed by atoms with Crippen LogP contribution in [0, 0.1) is 0 Å². The van der Waals surface area contributed by atoms with Gasteiger partial charge in [0.2, 0.25) is 5.91 Å². The Hall–Kier alpha value is -2.70. The van der Waals surface area contributed by atoms with E-state index in [0.717, 1.165) is 16.6 Å². The zero-order valence-corrected chi connectivity index (χ0v) is 12.1. The lowest BCUT2D eigenvalue weighted by Gasteiger charge is -2.02. The molecule has 0 aliphatic rings. The van der Waals surface area contributed by atoms with Crippen molar-refractivity contribution in [1.82, 2.24) is 20.0 Å². The first-order valence-electron chi connectivity index (χ1n) is 7.03. The number of carbonyl (C=O) groups excluding carboxylic acids is 1. The second-order valence-electron chi connectivity index (χ2n) is 4.98. The maximum atomic E-state index is 12.2. The summed E-state index contributed by atoms with van der Waals surface area (Å²) in [7, 11) is 1.80. The quantitative estimate of drug-likeness (QED) is 0.760. The Morgan fingerprint density at radius 2 is 2.14 bits per heavy atom. The molecule has 3 rings (SSSR count). The van der Waals surface area contributed by atoms with Crippen molar-refractivity contribution in [3.63, 3.8) is 0 Å². The molecular formula is C15H16FN5O. The van der Waals surface area contributed by atoms with E-state index >= 15 is 0 Å². The Labute approximate surface area is 126 Å². The van der Waals surface area contributed by atoms with Gasteiger partial charge in [0.05, 0.1) is 12.1 Å². The van der Waals surface area contributed by atoms with E-state index in [2.05, 4.69) is 20.6 Å². The van der Waals surface area contributed by atoms with Gasteiger partial charge in [-0.2, -0.15) is 10.2 Å². The summed E-state index contributed by atoms with van der Waals surface area (Å²) in [5.41, 5.74) is 2.33. The van der Waals surface area contributed by atoms with Crippen molar-refractivity contribution in [1.29, 1.82) is 0 Å². The topological polar surface area (TPSA) is 75.6 Å². The Bertz CT molecular complexity index is 793. The Kier molecular flexibility index (Phi) is 3.86. The first-order valence-corrected chi connectivity index (χ1v) is 7.03. The van der Waals surface area contributed by atoms with Crippen LogP contribution in [0.1, 0.15) is 12.8 Å². The number of anilines is 1. The molecule has 2 aromatic heterocycles. The van der Waals surface area contributed by atoms with E-state index in [1.807, 2.05) is 30.3 Å². The van der Waals surface area contributed by atoms with Crippen LogP contribution >= 0.6 is 0 Å². The molecule has 1 aromatic carbocycles. The smallest absolute Gasteiger partial charge is 0.225 e. The number of nitrogens with one attached hydrogen (secondary N) is 2. The Balaban J connectivity index is 2.00. The highest BCUT2D eigenvalue weighted by atomic mass is 19.1. The SMILES string of the molecule is Cn1nc(-c2ccccc2)c2c(NC(=O)CCCF)[nH]nc21. The summed E-state index contributed by atoms with van der Waals surface area (Å²) in [6.07, 6.45) is 0.347. The fourth-order valence-corrected chi connectivity index (χ4v) is 2.36. The van der Waals surface area contributed by atoms with E-state index in [1.54, 1.807) is 11.7 Å². The lowest BCUT2D eigenvalue weighted by atomic mass is 10.1. The van der Waals surface area contributed by atoms with Crippen LogP contribution in [0.3, 0.4) is 0 Å². The number of amides is 1. The zero-order valence-electron chi connectivity index (χ0n) is 12.1. The van der Waals surface area contributed by atoms with Gasteiger partial charge in [0.15, 0.2) is 5.65 Å². The summed E-state index contributed by atoms with van der Waals surface area (Å²) >= 11 is 0. The summed E-state index contributed by atoms with van der Waals surface area (Å²) in [5, 5.41) is 15.0. The van der Waals surface area contributed by atoms with Crippen molar-refractivity contribution < 1.29 is 9.18 Å². The van der Waals surface area contributed by atoms with Crippen LogP contribution in [-0.2, 0) is 11.8 Å². The molecule has 0 spiro atoms. The zero-order chi connectivity index (χ0) is 15.5. The predicted octanol–water partition coefficient (Wildman–Crippen LogP) is 2.65. The molecule has 22 heavy (non-hydrogen) atoms. The van der Waals surface area contributed by atoms with Crippen LogP contribution in [0.4, 0.5) is 10.2 Å². The maximum absolute atomic E-state index is 12.2. The second kappa shape index (κ2) is 5.97. The number of hydrogen-bond acceptors (Lipinski definition) is 3. The molecule has 3 aromatic rings. The number of alkyl halides is 1. The van der Waals surface area contributed by atoms with E-state index in [4.69, 9.17) is 0 Å². The van der Waals surface area contributed by atoms with Crippen molar-refractivity contribution in [3.8, 4) is 11.3 Å². The van der Waals surface area contributed by atoms with Gasteiger partial charge >= 0.3 is 0 Å². The van der Waals surface area contributed by atoms with Gasteiger partial charge in [-0.05, 0) is 6.42 Å². The van der Waals surface area contributed by atoms with Crippen molar-refractivity contribution in [2.75, 3.05) is 12.0 Å². The average molecular weight is 301 g/mol. The van der Waals surface area contributed by atoms with Crippen molar-refractivity contribution in [2.24, 2.45) is 7.05 Å². The number of rotatable bonds is 5. The Morgan fingerprint density at radius 1 is 1.36 bits per heavy atom. The van der Waals surface area contributed by atoms with Gasteiger partial charge in [-0.3, -0.25) is 14.3 Å². The molecule has 0 saturated carbocycles. The van der Waals surface area contributed by atoms with Crippen LogP contribution in [0.25, 0.3) is 22.3 Å². The van der Waals surface area contributed by atoms with Gasteiger partial charge in [0.25, 0.3) is 0 Å². The van der Waals surface area contributed by atoms with E-state index in [1.165, 1.54) is 0 Å². The highest BCUT2D eigenvalue weighted by molar-refractivity contribution is 6.04. The van der Waals surface area contributed by atoms with Crippen LogP contribution in [-0.4, -0.2) is 32.6 Å². The second-order valence-corrected chi connectivity index (χ2v) is 4.98. The summed E-state index contributed by atoms with van der Waals surface area (Å²) in [6.45, 7) is -0.506. The third-order valence-electron chi connectivity index (χ3n) is 3.39. The molecule has 0 atom stereocenters. The number of benzene rings is 1. The van der Waals surface area contributed by atoms with Crippen LogP contribution in [0.5, 0.6) is 0 Å². The van der Waals surface area contributed by atoms with Crippen LogP contribution in [0.15, 0.2) is 30.3 Å². The van der Waals surface area contributed by atoms with E-state index in [0.29, 0.717) is 11.5 Å². The number of aromatic nitrogens is 4. The van der Waals surface area contributed by atoms with Gasteiger partial charge in [-0.1, -0.05) is 30.3 Å². The van der Waals surface area contributed by atoms with Gasteiger partial charge in [0, 0.05) is 19.0 Å². The molecule has 0 radical (unpaired) electrons. The number of halogens is 1. The molecule has 0 unspecified atom stereocenters. The molecule has 2 N–H and O–H groups in total. The molecule has 2 heterocycles. The molecule has 0 fully saturated rings. The van der Waals surface area contributed by atoms with Gasteiger partial charge in [-0.15, -0.1) is 0 Å². The largest absolute Gasteiger partial charge is 0.310 e. The van der Waals surface area contributed by atoms with Crippen molar-refractivity contribution in [3.05, 3.63) is 30.3 Å². The molecule has 1 amide bonds. The fourth-order valence-electron chi connectivity index (χ4n) is 2.36. The third kappa shape index (κ3) is 2.57. The monoisotopic (exact) mass is 301 g/mol. The molecule has 0 aliphatic carbocycles. The minimum absolute atomic E-state index is 0.137. The number of H-pyrrole nitrogens is 1. The summed E-state index contributed by atoms with van der Waals surface area (Å²) < 4.78 is 13.8. The van der Waals surface area contributed by atoms with Gasteiger partial charge in [0.1, 0.15) is 11.5 Å². The standard InChI is InChI=1S/C15H16FN5O/c1-21-15-12(13(20-21)10-6-3-2-4-7-10)14(18-19-15)17-11(22)8-5-9-16/h2-4,6-7H,5,8-9H2,1H3,(H2,17,18,19,22). The summed E-state index contributed by atoms with van der Waals surface area (Å²) in [4.78, 5) is 11.8. The normalized spacial score (nSPS) is 11.0. The Morgan fingerprint density at radius 3 is 2.86 bits per heavy atom. The first kappa shape index (κ1) is 14.2. The summed E-state index contributed by atoms with van der Waals surface area (Å²) in [6, 6.07) is 9.68. The van der Waals surface area contributed by atoms with Crippen LogP contribution in [0.2, 0.25) is 0 Å². The molecule has 7 heteroatoms. The molecule has 114 valence electrons. The third-order valence-corrected chi connectivity index (χ3v) is 3.39. The predicted molar refractivity (Wildman–Crippen MR) is 82.1 cm³/mol. The van der Waals surface area contributed by atoms with E-state index in [-0.39, 0.29) is 18.7 Å². The van der Waals surface area contributed by atoms with Gasteiger partial charge < -0.3 is 5.32 Å². The molecule has 0 bridgehead atoms. The lowest BCUT2D eigenvalue weighted by molar-refractivity contribution is -0.116. The number of aromatic amines is 1. The van der Waals surface area contributed by atoms with Crippen LogP contribution < -0.4 is 5.32 Å². The molecule has 0 saturated heterocycles. The number of nitrogens with zero attached hydrogens (tertiary/aromatic N) is 3. The minimum Gasteiger partial charge on any atom is -0.310 e. The average Bonchev–Trinajstić information content (AvgIpc) is 3.08. The molecule has 0 aliphatic heterocycles. The minimum atomic E-state index is -0.506. The summed E-state index contributed by atoms with van der Waals surface area (Å²) in [5.74, 6) is 0.247. The fraction of sp³-hybridized carbons (Fsp3) is 0.267. The number of carbonyl (C=O) groups is 1. The van der Waals surface area contributed by atoms with Crippen molar-refractivity contribution in [2.45, 2.75) is 12.8 Å². The molecular weight excluding hydrogens is 285 g/mol. The maximum Gasteiger partial charge on any atom is 0.225 e. The van der Waals surface area contributed by atoms with E-state index < -0.39 is 6.67 Å². The first-order chi connectivity index (χ1) is 10.7. The number of aryl methyl sites for hydroxylation is 1. The van der Waals surface area contributed by atoms with E-state index in [9.17, 15) is 9.18 Å². The molecule has 6 nitrogen and oxygen atoms in total. The van der Waals surface area contributed by atoms with Crippen molar-refractivity contribution >= 4 is 22.8 Å². The highest BCUT2D eigenvalue weighted by Crippen LogP contribution is 2.31. The lowest BCUT2D eigenvalue weighted by Crippen LogP contribution is -2.12. The van der Waals surface area contributed by atoms with Gasteiger partial charge in [-0.25, -0.2) is 4.68 Å². The number of hydrogen-bond donors (Lipinski definition) is 2. The number of fused-ring (bicyclic) bond motifs is 1. The highest BCUT2D eigenvalue weighted by Gasteiger charge is 2.18.